The minimum atomic E-state index is -0.820. The van der Waals surface area contributed by atoms with Crippen LogP contribution in [0.3, 0.4) is 0 Å². The van der Waals surface area contributed by atoms with Crippen LogP contribution >= 0.6 is 0 Å². The second kappa shape index (κ2) is 51.7. The topological polar surface area (TPSA) is 78.9 Å². The standard InChI is InChI=1S/C58H94O6/c1-4-7-10-13-16-19-22-25-27-28-29-30-32-33-36-39-42-45-48-51-57(60)63-54-55(53-62-56(59)50-47-44-41-38-35-24-21-18-15-12-9-6-3)64-58(61)52-49-46-43-40-37-34-31-26-23-20-17-14-11-8-5-2/h7,10,16-21,25-27,29-31,33,36,42,45,55H,4-6,8-9,11-15,22-24,28,32,34-35,37-41,43-44,46-54H2,1-3H3/b10-7-,19-16-,20-17-,21-18-,27-25-,30-29-,31-26-,36-33-,45-42-/t55-/m1/s1. The van der Waals surface area contributed by atoms with Crippen LogP contribution in [0.15, 0.2) is 109 Å². The summed E-state index contributed by atoms with van der Waals surface area (Å²) in [7, 11) is 0. The Labute approximate surface area is 393 Å². The normalized spacial score (nSPS) is 13.0. The summed E-state index contributed by atoms with van der Waals surface area (Å²) in [5, 5.41) is 0. The largest absolute Gasteiger partial charge is 0.462 e. The van der Waals surface area contributed by atoms with Gasteiger partial charge < -0.3 is 14.2 Å². The van der Waals surface area contributed by atoms with E-state index in [1.54, 1.807) is 0 Å². The quantitative estimate of drug-likeness (QED) is 0.0262. The van der Waals surface area contributed by atoms with Crippen LogP contribution in [0.4, 0.5) is 0 Å². The van der Waals surface area contributed by atoms with E-state index in [0.29, 0.717) is 19.3 Å². The highest BCUT2D eigenvalue weighted by molar-refractivity contribution is 5.71. The minimum absolute atomic E-state index is 0.113. The molecule has 0 rings (SSSR count). The van der Waals surface area contributed by atoms with Crippen molar-refractivity contribution in [3.63, 3.8) is 0 Å². The minimum Gasteiger partial charge on any atom is -0.462 e. The third kappa shape index (κ3) is 49.1. The van der Waals surface area contributed by atoms with Gasteiger partial charge in [-0.05, 0) is 116 Å². The lowest BCUT2D eigenvalue weighted by Crippen LogP contribution is -2.30. The Bertz CT molecular complexity index is 1340. The number of rotatable bonds is 45. The Hall–Kier alpha value is -3.93. The van der Waals surface area contributed by atoms with E-state index < -0.39 is 6.10 Å². The van der Waals surface area contributed by atoms with Gasteiger partial charge in [-0.1, -0.05) is 194 Å². The van der Waals surface area contributed by atoms with E-state index in [1.165, 1.54) is 57.8 Å². The van der Waals surface area contributed by atoms with Crippen molar-refractivity contribution in [2.45, 2.75) is 226 Å². The van der Waals surface area contributed by atoms with E-state index in [4.69, 9.17) is 14.2 Å². The lowest BCUT2D eigenvalue weighted by molar-refractivity contribution is -0.166. The van der Waals surface area contributed by atoms with E-state index in [0.717, 1.165) is 116 Å². The van der Waals surface area contributed by atoms with Gasteiger partial charge in [0, 0.05) is 19.3 Å². The molecule has 6 nitrogen and oxygen atoms in total. The van der Waals surface area contributed by atoms with E-state index in [-0.39, 0.29) is 37.5 Å². The highest BCUT2D eigenvalue weighted by atomic mass is 16.6. The number of carbonyl (C=O) groups excluding carboxylic acids is 3. The number of unbranched alkanes of at least 4 members (excludes halogenated alkanes) is 16. The van der Waals surface area contributed by atoms with Gasteiger partial charge in [0.15, 0.2) is 6.10 Å². The van der Waals surface area contributed by atoms with Gasteiger partial charge in [-0.3, -0.25) is 14.4 Å². The Kier molecular flexibility index (Phi) is 48.5. The van der Waals surface area contributed by atoms with Crippen LogP contribution in [0.25, 0.3) is 0 Å². The second-order valence-electron chi connectivity index (χ2n) is 16.7. The van der Waals surface area contributed by atoms with Gasteiger partial charge in [0.05, 0.1) is 0 Å². The average Bonchev–Trinajstić information content (AvgIpc) is 3.29. The first-order valence-electron chi connectivity index (χ1n) is 25.9. The number of ether oxygens (including phenoxy) is 3. The summed E-state index contributed by atoms with van der Waals surface area (Å²) in [6, 6.07) is 0. The molecule has 0 heterocycles. The molecule has 0 aliphatic heterocycles. The molecule has 0 spiro atoms. The molecule has 0 aliphatic carbocycles. The summed E-state index contributed by atoms with van der Waals surface area (Å²) < 4.78 is 16.7. The van der Waals surface area contributed by atoms with Gasteiger partial charge in [-0.15, -0.1) is 0 Å². The van der Waals surface area contributed by atoms with Crippen LogP contribution < -0.4 is 0 Å². The molecule has 0 aliphatic rings. The summed E-state index contributed by atoms with van der Waals surface area (Å²) in [4.78, 5) is 37.9. The van der Waals surface area contributed by atoms with Crippen molar-refractivity contribution in [1.82, 2.24) is 0 Å². The number of hydrogen-bond donors (Lipinski definition) is 0. The van der Waals surface area contributed by atoms with Gasteiger partial charge >= 0.3 is 17.9 Å². The average molecular weight is 887 g/mol. The smallest absolute Gasteiger partial charge is 0.306 e. The summed E-state index contributed by atoms with van der Waals surface area (Å²) in [5.74, 6) is -1.03. The molecule has 362 valence electrons. The van der Waals surface area contributed by atoms with Crippen LogP contribution in [0.2, 0.25) is 0 Å². The molecular weight excluding hydrogens is 793 g/mol. The fraction of sp³-hybridized carbons (Fsp3) is 0.638. The molecule has 0 radical (unpaired) electrons. The van der Waals surface area contributed by atoms with Crippen molar-refractivity contribution in [2.24, 2.45) is 0 Å². The first-order chi connectivity index (χ1) is 31.5. The summed E-state index contributed by atoms with van der Waals surface area (Å²) in [6.07, 6.45) is 69.4. The molecule has 0 aromatic heterocycles. The molecule has 6 heteroatoms. The van der Waals surface area contributed by atoms with E-state index in [1.807, 2.05) is 12.2 Å². The summed E-state index contributed by atoms with van der Waals surface area (Å²) >= 11 is 0. The maximum atomic E-state index is 12.8. The number of carbonyl (C=O) groups is 3. The van der Waals surface area contributed by atoms with Crippen LogP contribution in [0.5, 0.6) is 0 Å². The predicted octanol–water partition coefficient (Wildman–Crippen LogP) is 17.1. The molecule has 0 amide bonds. The zero-order chi connectivity index (χ0) is 46.5. The van der Waals surface area contributed by atoms with Crippen molar-refractivity contribution < 1.29 is 28.6 Å². The Morgan fingerprint density at radius 3 is 1.06 bits per heavy atom. The van der Waals surface area contributed by atoms with Gasteiger partial charge in [0.2, 0.25) is 0 Å². The van der Waals surface area contributed by atoms with Crippen molar-refractivity contribution >= 4 is 17.9 Å². The van der Waals surface area contributed by atoms with Crippen molar-refractivity contribution in [3.05, 3.63) is 109 Å². The molecule has 0 aromatic carbocycles. The van der Waals surface area contributed by atoms with Crippen molar-refractivity contribution in [3.8, 4) is 0 Å². The molecule has 0 aromatic rings. The highest BCUT2D eigenvalue weighted by Gasteiger charge is 2.19. The molecular formula is C58H94O6. The zero-order valence-electron chi connectivity index (χ0n) is 41.3. The lowest BCUT2D eigenvalue weighted by atomic mass is 10.1. The molecule has 0 unspecified atom stereocenters. The summed E-state index contributed by atoms with van der Waals surface area (Å²) in [5.41, 5.74) is 0. The summed E-state index contributed by atoms with van der Waals surface area (Å²) in [6.45, 7) is 6.37. The van der Waals surface area contributed by atoms with Crippen LogP contribution in [-0.2, 0) is 28.6 Å². The van der Waals surface area contributed by atoms with Gasteiger partial charge in [-0.2, -0.15) is 0 Å². The van der Waals surface area contributed by atoms with Crippen LogP contribution in [0.1, 0.15) is 220 Å². The number of esters is 3. The van der Waals surface area contributed by atoms with Gasteiger partial charge in [0.25, 0.3) is 0 Å². The van der Waals surface area contributed by atoms with Crippen LogP contribution in [-0.4, -0.2) is 37.2 Å². The van der Waals surface area contributed by atoms with Gasteiger partial charge in [-0.25, -0.2) is 0 Å². The van der Waals surface area contributed by atoms with Crippen molar-refractivity contribution in [1.29, 1.82) is 0 Å². The van der Waals surface area contributed by atoms with E-state index >= 15 is 0 Å². The lowest BCUT2D eigenvalue weighted by Gasteiger charge is -2.18. The van der Waals surface area contributed by atoms with Gasteiger partial charge in [0.1, 0.15) is 13.2 Å². The van der Waals surface area contributed by atoms with Crippen molar-refractivity contribution in [2.75, 3.05) is 13.2 Å². The molecule has 0 N–H and O–H groups in total. The van der Waals surface area contributed by atoms with E-state index in [9.17, 15) is 14.4 Å². The molecule has 1 atom stereocenters. The van der Waals surface area contributed by atoms with E-state index in [2.05, 4.69) is 118 Å². The highest BCUT2D eigenvalue weighted by Crippen LogP contribution is 2.12. The molecule has 0 saturated carbocycles. The Balaban J connectivity index is 4.54. The Morgan fingerprint density at radius 2 is 0.641 bits per heavy atom. The number of hydrogen-bond acceptors (Lipinski definition) is 6. The molecule has 0 saturated heterocycles. The first-order valence-corrected chi connectivity index (χ1v) is 25.9. The maximum Gasteiger partial charge on any atom is 0.306 e. The fourth-order valence-electron chi connectivity index (χ4n) is 6.61. The third-order valence-electron chi connectivity index (χ3n) is 10.5. The Morgan fingerprint density at radius 1 is 0.328 bits per heavy atom. The monoisotopic (exact) mass is 887 g/mol. The molecule has 0 bridgehead atoms. The maximum absolute atomic E-state index is 12.8. The SMILES string of the molecule is CC/C=C\C/C=C\C/C=C\C/C=C\C/C=C\C/C=C\CCC(=O)OC[C@@H](COC(=O)CCCCCCC/C=C\CCCCC)OC(=O)CCCCCCC/C=C\C/C=C\CCCCC. The third-order valence-corrected chi connectivity index (χ3v) is 10.5. The first kappa shape index (κ1) is 60.1. The predicted molar refractivity (Wildman–Crippen MR) is 274 cm³/mol. The number of allylic oxidation sites excluding steroid dienone is 18. The second-order valence-corrected chi connectivity index (χ2v) is 16.7. The molecule has 0 fully saturated rings. The zero-order valence-corrected chi connectivity index (χ0v) is 41.3. The fourth-order valence-corrected chi connectivity index (χ4v) is 6.61. The molecule has 64 heavy (non-hydrogen) atoms. The van der Waals surface area contributed by atoms with Crippen LogP contribution in [0, 0.1) is 0 Å².